The van der Waals surface area contributed by atoms with Gasteiger partial charge in [-0.2, -0.15) is 0 Å². The van der Waals surface area contributed by atoms with E-state index in [9.17, 15) is 4.79 Å². The third kappa shape index (κ3) is 2.52. The van der Waals surface area contributed by atoms with Crippen molar-refractivity contribution >= 4 is 5.91 Å². The lowest BCUT2D eigenvalue weighted by atomic mass is 10.0. The second-order valence-corrected chi connectivity index (χ2v) is 4.95. The standard InChI is InChI=1S/C13H21N3O/c1-14-9-6-11(7-10-14)16(3)13(17)12-5-4-8-15(12)2/h4-5,8,11H,6-7,9-10H2,1-3H3. The molecular formula is C13H21N3O. The lowest BCUT2D eigenvalue weighted by Gasteiger charge is -2.35. The van der Waals surface area contributed by atoms with Gasteiger partial charge in [-0.05, 0) is 45.1 Å². The van der Waals surface area contributed by atoms with Crippen molar-refractivity contribution in [2.24, 2.45) is 7.05 Å². The molecule has 0 N–H and O–H groups in total. The molecule has 1 aliphatic heterocycles. The van der Waals surface area contributed by atoms with Gasteiger partial charge in [-0.1, -0.05) is 0 Å². The van der Waals surface area contributed by atoms with Gasteiger partial charge in [0, 0.05) is 26.3 Å². The zero-order valence-electron chi connectivity index (χ0n) is 10.9. The summed E-state index contributed by atoms with van der Waals surface area (Å²) in [4.78, 5) is 16.5. The Morgan fingerprint density at radius 1 is 1.35 bits per heavy atom. The molecule has 0 radical (unpaired) electrons. The van der Waals surface area contributed by atoms with E-state index in [4.69, 9.17) is 0 Å². The highest BCUT2D eigenvalue weighted by Crippen LogP contribution is 2.16. The number of amides is 1. The molecule has 17 heavy (non-hydrogen) atoms. The van der Waals surface area contributed by atoms with Crippen LogP contribution in [0.2, 0.25) is 0 Å². The van der Waals surface area contributed by atoms with Crippen molar-refractivity contribution in [3.05, 3.63) is 24.0 Å². The van der Waals surface area contributed by atoms with Crippen LogP contribution in [0, 0.1) is 0 Å². The van der Waals surface area contributed by atoms with Gasteiger partial charge in [-0.25, -0.2) is 0 Å². The highest BCUT2D eigenvalue weighted by Gasteiger charge is 2.25. The summed E-state index contributed by atoms with van der Waals surface area (Å²) >= 11 is 0. The molecule has 1 aromatic rings. The molecule has 2 heterocycles. The number of aromatic nitrogens is 1. The van der Waals surface area contributed by atoms with Crippen molar-refractivity contribution in [1.82, 2.24) is 14.4 Å². The molecule has 0 spiro atoms. The van der Waals surface area contributed by atoms with Crippen LogP contribution in [0.4, 0.5) is 0 Å². The van der Waals surface area contributed by atoms with Gasteiger partial charge in [0.05, 0.1) is 0 Å². The van der Waals surface area contributed by atoms with Crippen molar-refractivity contribution in [2.45, 2.75) is 18.9 Å². The van der Waals surface area contributed by atoms with Gasteiger partial charge in [-0.15, -0.1) is 0 Å². The monoisotopic (exact) mass is 235 g/mol. The van der Waals surface area contributed by atoms with Crippen molar-refractivity contribution in [1.29, 1.82) is 0 Å². The minimum Gasteiger partial charge on any atom is -0.347 e. The molecule has 1 aromatic heterocycles. The fourth-order valence-corrected chi connectivity index (χ4v) is 2.41. The van der Waals surface area contributed by atoms with Gasteiger partial charge in [0.15, 0.2) is 0 Å². The Morgan fingerprint density at radius 2 is 2.00 bits per heavy atom. The maximum atomic E-state index is 12.3. The number of hydrogen-bond acceptors (Lipinski definition) is 2. The molecule has 0 saturated carbocycles. The topological polar surface area (TPSA) is 28.5 Å². The number of hydrogen-bond donors (Lipinski definition) is 0. The average Bonchev–Trinajstić information content (AvgIpc) is 2.74. The van der Waals surface area contributed by atoms with Crippen LogP contribution < -0.4 is 0 Å². The van der Waals surface area contributed by atoms with Gasteiger partial charge in [0.1, 0.15) is 5.69 Å². The Balaban J connectivity index is 2.03. The Hall–Kier alpha value is -1.29. The fourth-order valence-electron chi connectivity index (χ4n) is 2.41. The van der Waals surface area contributed by atoms with E-state index in [1.807, 2.05) is 41.9 Å². The highest BCUT2D eigenvalue weighted by molar-refractivity contribution is 5.92. The number of carbonyl (C=O) groups excluding carboxylic acids is 1. The SMILES string of the molecule is CN1CCC(N(C)C(=O)c2cccn2C)CC1. The molecule has 2 rings (SSSR count). The molecule has 1 aliphatic rings. The molecular weight excluding hydrogens is 214 g/mol. The number of rotatable bonds is 2. The van der Waals surface area contributed by atoms with Crippen LogP contribution in [-0.2, 0) is 7.05 Å². The summed E-state index contributed by atoms with van der Waals surface area (Å²) in [6, 6.07) is 4.18. The van der Waals surface area contributed by atoms with E-state index in [0.29, 0.717) is 6.04 Å². The van der Waals surface area contributed by atoms with E-state index in [0.717, 1.165) is 31.6 Å². The van der Waals surface area contributed by atoms with Crippen LogP contribution in [0.5, 0.6) is 0 Å². The van der Waals surface area contributed by atoms with Gasteiger partial charge in [-0.3, -0.25) is 4.79 Å². The first kappa shape index (κ1) is 12.2. The first-order valence-corrected chi connectivity index (χ1v) is 6.16. The minimum atomic E-state index is 0.132. The zero-order chi connectivity index (χ0) is 12.4. The van der Waals surface area contributed by atoms with E-state index < -0.39 is 0 Å². The molecule has 1 amide bonds. The number of nitrogens with zero attached hydrogens (tertiary/aromatic N) is 3. The van der Waals surface area contributed by atoms with Gasteiger partial charge >= 0.3 is 0 Å². The van der Waals surface area contributed by atoms with Crippen LogP contribution >= 0.6 is 0 Å². The average molecular weight is 235 g/mol. The summed E-state index contributed by atoms with van der Waals surface area (Å²) in [6.45, 7) is 2.16. The van der Waals surface area contributed by atoms with Gasteiger partial charge < -0.3 is 14.4 Å². The first-order valence-electron chi connectivity index (χ1n) is 6.16. The second-order valence-electron chi connectivity index (χ2n) is 4.95. The number of likely N-dealkylation sites (tertiary alicyclic amines) is 1. The van der Waals surface area contributed by atoms with Crippen molar-refractivity contribution in [3.8, 4) is 0 Å². The van der Waals surface area contributed by atoms with Crippen LogP contribution in [0.15, 0.2) is 18.3 Å². The molecule has 94 valence electrons. The first-order chi connectivity index (χ1) is 8.09. The molecule has 0 aliphatic carbocycles. The Labute approximate surface area is 103 Å². The van der Waals surface area contributed by atoms with E-state index >= 15 is 0 Å². The van der Waals surface area contributed by atoms with Crippen LogP contribution in [-0.4, -0.2) is 53.5 Å². The zero-order valence-corrected chi connectivity index (χ0v) is 10.9. The van der Waals surface area contributed by atoms with Crippen LogP contribution in [0.25, 0.3) is 0 Å². The number of piperidine rings is 1. The molecule has 4 heteroatoms. The van der Waals surface area contributed by atoms with Gasteiger partial charge in [0.25, 0.3) is 5.91 Å². The summed E-state index contributed by atoms with van der Waals surface area (Å²) in [5.74, 6) is 0.132. The maximum absolute atomic E-state index is 12.3. The Bertz CT molecular complexity index is 391. The number of aryl methyl sites for hydroxylation is 1. The largest absolute Gasteiger partial charge is 0.347 e. The lowest BCUT2D eigenvalue weighted by molar-refractivity contribution is 0.0650. The highest BCUT2D eigenvalue weighted by atomic mass is 16.2. The maximum Gasteiger partial charge on any atom is 0.270 e. The predicted molar refractivity (Wildman–Crippen MR) is 68.0 cm³/mol. The Morgan fingerprint density at radius 3 is 2.53 bits per heavy atom. The smallest absolute Gasteiger partial charge is 0.270 e. The molecule has 0 bridgehead atoms. The summed E-state index contributed by atoms with van der Waals surface area (Å²) < 4.78 is 1.88. The quantitative estimate of drug-likeness (QED) is 0.770. The third-order valence-electron chi connectivity index (χ3n) is 3.72. The third-order valence-corrected chi connectivity index (χ3v) is 3.72. The molecule has 0 atom stereocenters. The van der Waals surface area contributed by atoms with Gasteiger partial charge in [0.2, 0.25) is 0 Å². The molecule has 0 aromatic carbocycles. The van der Waals surface area contributed by atoms with Crippen LogP contribution in [0.1, 0.15) is 23.3 Å². The van der Waals surface area contributed by atoms with E-state index in [2.05, 4.69) is 11.9 Å². The fraction of sp³-hybridized carbons (Fsp3) is 0.615. The molecule has 4 nitrogen and oxygen atoms in total. The van der Waals surface area contributed by atoms with Crippen molar-refractivity contribution < 1.29 is 4.79 Å². The molecule has 0 unspecified atom stereocenters. The molecule has 1 fully saturated rings. The van der Waals surface area contributed by atoms with E-state index in [-0.39, 0.29) is 5.91 Å². The van der Waals surface area contributed by atoms with Crippen molar-refractivity contribution in [3.63, 3.8) is 0 Å². The van der Waals surface area contributed by atoms with Crippen molar-refractivity contribution in [2.75, 3.05) is 27.2 Å². The minimum absolute atomic E-state index is 0.132. The molecule has 1 saturated heterocycles. The van der Waals surface area contributed by atoms with Crippen LogP contribution in [0.3, 0.4) is 0 Å². The van der Waals surface area contributed by atoms with E-state index in [1.54, 1.807) is 0 Å². The summed E-state index contributed by atoms with van der Waals surface area (Å²) in [6.07, 6.45) is 4.06. The van der Waals surface area contributed by atoms with E-state index in [1.165, 1.54) is 0 Å². The summed E-state index contributed by atoms with van der Waals surface area (Å²) in [5, 5.41) is 0. The number of carbonyl (C=O) groups is 1. The second kappa shape index (κ2) is 4.92. The lowest BCUT2D eigenvalue weighted by Crippen LogP contribution is -2.44. The summed E-state index contributed by atoms with van der Waals surface area (Å²) in [5.41, 5.74) is 0.770. The normalized spacial score (nSPS) is 18.3. The predicted octanol–water partition coefficient (Wildman–Crippen LogP) is 1.19. The summed E-state index contributed by atoms with van der Waals surface area (Å²) in [7, 11) is 5.97. The Kier molecular flexibility index (Phi) is 3.52.